The van der Waals surface area contributed by atoms with Gasteiger partial charge in [0.25, 0.3) is 17.4 Å². The number of para-hydroxylation sites is 1. The van der Waals surface area contributed by atoms with Gasteiger partial charge in [0.15, 0.2) is 0 Å². The number of carbonyl (C=O) groups excluding carboxylic acids is 2. The Labute approximate surface area is 174 Å². The molecule has 0 radical (unpaired) electrons. The van der Waals surface area contributed by atoms with Gasteiger partial charge < -0.3 is 19.9 Å². The van der Waals surface area contributed by atoms with Crippen molar-refractivity contribution < 1.29 is 14.3 Å². The molecule has 1 aromatic heterocycles. The van der Waals surface area contributed by atoms with Crippen molar-refractivity contribution in [2.24, 2.45) is 7.05 Å². The fraction of sp³-hybridized carbons (Fsp3) is 0.261. The van der Waals surface area contributed by atoms with Gasteiger partial charge in [-0.25, -0.2) is 0 Å². The highest BCUT2D eigenvalue weighted by Gasteiger charge is 2.14. The molecule has 2 N–H and O–H groups in total. The third-order valence-corrected chi connectivity index (χ3v) is 4.74. The molecule has 0 aliphatic carbocycles. The maximum absolute atomic E-state index is 12.9. The molecule has 0 fully saturated rings. The normalized spacial score (nSPS) is 10.7. The van der Waals surface area contributed by atoms with Crippen LogP contribution in [0, 0.1) is 0 Å². The standard InChI is InChI=1S/C23H25N3O4/c1-3-30-13-7-12-24-22(28)16-8-6-9-17(14-16)25-23(29)19-15-21(27)26(2)20-11-5-4-10-18(19)20/h4-6,8-11,14-15H,3,7,12-13H2,1-2H3,(H,24,28)(H,25,29). The van der Waals surface area contributed by atoms with Gasteiger partial charge >= 0.3 is 0 Å². The van der Waals surface area contributed by atoms with Crippen molar-refractivity contribution in [1.29, 1.82) is 0 Å². The van der Waals surface area contributed by atoms with Gasteiger partial charge in [0.05, 0.1) is 11.1 Å². The molecule has 0 unspecified atom stereocenters. The number of carbonyl (C=O) groups is 2. The first-order valence-electron chi connectivity index (χ1n) is 9.87. The zero-order valence-corrected chi connectivity index (χ0v) is 17.1. The third kappa shape index (κ3) is 4.93. The van der Waals surface area contributed by atoms with E-state index in [1.165, 1.54) is 10.6 Å². The number of hydrogen-bond acceptors (Lipinski definition) is 4. The summed E-state index contributed by atoms with van der Waals surface area (Å²) in [4.78, 5) is 37.4. The lowest BCUT2D eigenvalue weighted by molar-refractivity contribution is 0.0943. The van der Waals surface area contributed by atoms with Gasteiger partial charge in [-0.15, -0.1) is 0 Å². The van der Waals surface area contributed by atoms with Crippen LogP contribution in [0.2, 0.25) is 0 Å². The Morgan fingerprint density at radius 2 is 1.83 bits per heavy atom. The molecule has 3 rings (SSSR count). The molecule has 156 valence electrons. The zero-order chi connectivity index (χ0) is 21.5. The van der Waals surface area contributed by atoms with E-state index in [-0.39, 0.29) is 11.5 Å². The summed E-state index contributed by atoms with van der Waals surface area (Å²) < 4.78 is 6.75. The van der Waals surface area contributed by atoms with Gasteiger partial charge in [-0.3, -0.25) is 14.4 Å². The summed E-state index contributed by atoms with van der Waals surface area (Å²) in [7, 11) is 1.67. The Bertz CT molecular complexity index is 1120. The second-order valence-corrected chi connectivity index (χ2v) is 6.81. The Morgan fingerprint density at radius 3 is 2.63 bits per heavy atom. The van der Waals surface area contributed by atoms with Crippen LogP contribution in [-0.4, -0.2) is 36.1 Å². The molecular weight excluding hydrogens is 382 g/mol. The van der Waals surface area contributed by atoms with Crippen LogP contribution in [0.1, 0.15) is 34.1 Å². The predicted molar refractivity (Wildman–Crippen MR) is 117 cm³/mol. The summed E-state index contributed by atoms with van der Waals surface area (Å²) in [6.45, 7) is 3.68. The summed E-state index contributed by atoms with van der Waals surface area (Å²) in [6, 6.07) is 15.3. The largest absolute Gasteiger partial charge is 0.382 e. The topological polar surface area (TPSA) is 89.4 Å². The highest BCUT2D eigenvalue weighted by atomic mass is 16.5. The van der Waals surface area contributed by atoms with E-state index in [0.717, 1.165) is 6.42 Å². The van der Waals surface area contributed by atoms with E-state index in [1.807, 2.05) is 19.1 Å². The maximum atomic E-state index is 12.9. The van der Waals surface area contributed by atoms with E-state index in [2.05, 4.69) is 10.6 Å². The molecule has 0 saturated carbocycles. The van der Waals surface area contributed by atoms with Crippen molar-refractivity contribution in [1.82, 2.24) is 9.88 Å². The Morgan fingerprint density at radius 1 is 1.03 bits per heavy atom. The van der Waals surface area contributed by atoms with Crippen molar-refractivity contribution >= 4 is 28.4 Å². The molecule has 0 bridgehead atoms. The van der Waals surface area contributed by atoms with E-state index in [9.17, 15) is 14.4 Å². The molecule has 1 heterocycles. The van der Waals surface area contributed by atoms with Crippen LogP contribution >= 0.6 is 0 Å². The van der Waals surface area contributed by atoms with Gasteiger partial charge in [0.2, 0.25) is 0 Å². The van der Waals surface area contributed by atoms with Crippen LogP contribution < -0.4 is 16.2 Å². The number of nitrogens with zero attached hydrogens (tertiary/aromatic N) is 1. The molecular formula is C23H25N3O4. The number of aromatic nitrogens is 1. The number of benzene rings is 2. The second kappa shape index (κ2) is 9.84. The lowest BCUT2D eigenvalue weighted by atomic mass is 10.1. The van der Waals surface area contributed by atoms with Crippen LogP contribution in [0.3, 0.4) is 0 Å². The third-order valence-electron chi connectivity index (χ3n) is 4.74. The van der Waals surface area contributed by atoms with Crippen LogP contribution in [0.15, 0.2) is 59.4 Å². The molecule has 0 saturated heterocycles. The number of rotatable bonds is 8. The monoisotopic (exact) mass is 407 g/mol. The van der Waals surface area contributed by atoms with Gasteiger partial charge in [0, 0.05) is 49.5 Å². The molecule has 7 heteroatoms. The minimum Gasteiger partial charge on any atom is -0.382 e. The fourth-order valence-electron chi connectivity index (χ4n) is 3.16. The molecule has 0 aliphatic heterocycles. The van der Waals surface area contributed by atoms with Crippen LogP contribution in [0.4, 0.5) is 5.69 Å². The highest BCUT2D eigenvalue weighted by Crippen LogP contribution is 2.18. The number of nitrogens with one attached hydrogen (secondary N) is 2. The van der Waals surface area contributed by atoms with E-state index in [1.54, 1.807) is 43.4 Å². The van der Waals surface area contributed by atoms with Crippen LogP contribution in [0.25, 0.3) is 10.9 Å². The van der Waals surface area contributed by atoms with Gasteiger partial charge in [-0.2, -0.15) is 0 Å². The zero-order valence-electron chi connectivity index (χ0n) is 17.1. The first kappa shape index (κ1) is 21.3. The lowest BCUT2D eigenvalue weighted by Gasteiger charge is -2.11. The Kier molecular flexibility index (Phi) is 6.98. The van der Waals surface area contributed by atoms with Crippen LogP contribution in [-0.2, 0) is 11.8 Å². The molecule has 2 amide bonds. The summed E-state index contributed by atoms with van der Waals surface area (Å²) in [5.74, 6) is -0.625. The van der Waals surface area contributed by atoms with E-state index < -0.39 is 5.91 Å². The first-order chi connectivity index (χ1) is 14.5. The van der Waals surface area contributed by atoms with Crippen molar-refractivity contribution in [3.8, 4) is 0 Å². The fourth-order valence-corrected chi connectivity index (χ4v) is 3.16. The number of anilines is 1. The quantitative estimate of drug-likeness (QED) is 0.562. The molecule has 30 heavy (non-hydrogen) atoms. The summed E-state index contributed by atoms with van der Waals surface area (Å²) >= 11 is 0. The van der Waals surface area contributed by atoms with E-state index >= 15 is 0 Å². The van der Waals surface area contributed by atoms with Crippen molar-refractivity contribution in [2.75, 3.05) is 25.1 Å². The van der Waals surface area contributed by atoms with Crippen LogP contribution in [0.5, 0.6) is 0 Å². The van der Waals surface area contributed by atoms with E-state index in [4.69, 9.17) is 4.74 Å². The number of pyridine rings is 1. The van der Waals surface area contributed by atoms with Crippen molar-refractivity contribution in [3.05, 3.63) is 76.1 Å². The smallest absolute Gasteiger partial charge is 0.256 e. The number of ether oxygens (including phenoxy) is 1. The minimum absolute atomic E-state index is 0.221. The first-order valence-corrected chi connectivity index (χ1v) is 9.87. The molecule has 7 nitrogen and oxygen atoms in total. The molecule has 3 aromatic rings. The van der Waals surface area contributed by atoms with Crippen molar-refractivity contribution in [3.63, 3.8) is 0 Å². The summed E-state index contributed by atoms with van der Waals surface area (Å²) in [6.07, 6.45) is 0.728. The average Bonchev–Trinajstić information content (AvgIpc) is 2.76. The highest BCUT2D eigenvalue weighted by molar-refractivity contribution is 6.12. The van der Waals surface area contributed by atoms with Gasteiger partial charge in [0.1, 0.15) is 0 Å². The van der Waals surface area contributed by atoms with Gasteiger partial charge in [-0.05, 0) is 37.6 Å². The predicted octanol–water partition coefficient (Wildman–Crippen LogP) is 2.95. The average molecular weight is 407 g/mol. The number of fused-ring (bicyclic) bond motifs is 1. The number of hydrogen-bond donors (Lipinski definition) is 2. The van der Waals surface area contributed by atoms with E-state index in [0.29, 0.717) is 47.5 Å². The SMILES string of the molecule is CCOCCCNC(=O)c1cccc(NC(=O)c2cc(=O)n(C)c3ccccc23)c1. The molecule has 2 aromatic carbocycles. The summed E-state index contributed by atoms with van der Waals surface area (Å²) in [5, 5.41) is 6.30. The lowest BCUT2D eigenvalue weighted by Crippen LogP contribution is -2.25. The maximum Gasteiger partial charge on any atom is 0.256 e. The number of aryl methyl sites for hydroxylation is 1. The Balaban J connectivity index is 1.75. The van der Waals surface area contributed by atoms with Gasteiger partial charge in [-0.1, -0.05) is 24.3 Å². The molecule has 0 aliphatic rings. The number of amides is 2. The summed E-state index contributed by atoms with van der Waals surface area (Å²) in [5.41, 5.74) is 1.62. The molecule has 0 atom stereocenters. The molecule has 0 spiro atoms. The second-order valence-electron chi connectivity index (χ2n) is 6.81. The Hall–Kier alpha value is -3.45. The minimum atomic E-state index is -0.404. The van der Waals surface area contributed by atoms with Crippen molar-refractivity contribution in [2.45, 2.75) is 13.3 Å².